The second-order valence-corrected chi connectivity index (χ2v) is 8.26. The van der Waals surface area contributed by atoms with Crippen LogP contribution in [0.25, 0.3) is 0 Å². The summed E-state index contributed by atoms with van der Waals surface area (Å²) in [7, 11) is 1.60. The summed E-state index contributed by atoms with van der Waals surface area (Å²) in [6.45, 7) is 10.1. The summed E-state index contributed by atoms with van der Waals surface area (Å²) in [5, 5.41) is 5.25. The van der Waals surface area contributed by atoms with Gasteiger partial charge in [0.05, 0.1) is 17.3 Å². The summed E-state index contributed by atoms with van der Waals surface area (Å²) in [4.78, 5) is 50.7. The topological polar surface area (TPSA) is 97.3 Å². The highest BCUT2D eigenvalue weighted by Gasteiger charge is 2.31. The van der Waals surface area contributed by atoms with Gasteiger partial charge in [0.1, 0.15) is 5.82 Å². The molecule has 0 saturated heterocycles. The fourth-order valence-corrected chi connectivity index (χ4v) is 3.70. The van der Waals surface area contributed by atoms with Crippen molar-refractivity contribution < 1.29 is 23.6 Å². The van der Waals surface area contributed by atoms with Gasteiger partial charge >= 0.3 is 0 Å². The van der Waals surface area contributed by atoms with Crippen LogP contribution in [0, 0.1) is 32.5 Å². The molecule has 8 heteroatoms. The van der Waals surface area contributed by atoms with Crippen molar-refractivity contribution in [3.05, 3.63) is 52.1 Å². The van der Waals surface area contributed by atoms with Gasteiger partial charge in [0.25, 0.3) is 17.6 Å². The molecule has 2 rings (SSSR count). The molecule has 1 aromatic carbocycles. The van der Waals surface area contributed by atoms with E-state index < -0.39 is 23.6 Å². The fraction of sp³-hybridized carbons (Fsp3) is 0.417. The van der Waals surface area contributed by atoms with E-state index >= 15 is 0 Å². The summed E-state index contributed by atoms with van der Waals surface area (Å²) in [6, 6.07) is 3.46. The molecule has 1 atom stereocenters. The molecule has 0 spiro atoms. The van der Waals surface area contributed by atoms with Crippen LogP contribution in [0.15, 0.2) is 18.2 Å². The predicted octanol–water partition coefficient (Wildman–Crippen LogP) is 3.64. The predicted molar refractivity (Wildman–Crippen MR) is 120 cm³/mol. The summed E-state index contributed by atoms with van der Waals surface area (Å²) >= 11 is 0. The zero-order valence-electron chi connectivity index (χ0n) is 19.6. The molecule has 0 saturated carbocycles. The van der Waals surface area contributed by atoms with E-state index in [0.29, 0.717) is 22.5 Å². The van der Waals surface area contributed by atoms with Crippen LogP contribution in [0.3, 0.4) is 0 Å². The van der Waals surface area contributed by atoms with Crippen LogP contribution in [0.4, 0.5) is 10.1 Å². The number of aryl methyl sites for hydroxylation is 1. The number of nitrogens with zero attached hydrogens (tertiary/aromatic N) is 1. The van der Waals surface area contributed by atoms with Gasteiger partial charge in [-0.05, 0) is 56.0 Å². The Morgan fingerprint density at radius 3 is 2.25 bits per heavy atom. The monoisotopic (exact) mass is 443 g/mol. The molecule has 7 nitrogen and oxygen atoms in total. The van der Waals surface area contributed by atoms with Crippen molar-refractivity contribution in [3.63, 3.8) is 0 Å². The van der Waals surface area contributed by atoms with Crippen molar-refractivity contribution in [3.8, 4) is 0 Å². The third kappa shape index (κ3) is 4.95. The zero-order chi connectivity index (χ0) is 24.3. The highest BCUT2D eigenvalue weighted by atomic mass is 19.1. The Labute approximate surface area is 187 Å². The minimum Gasteiger partial charge on any atom is -0.344 e. The normalized spacial score (nSPS) is 11.9. The molecular weight excluding hydrogens is 413 g/mol. The number of aromatic nitrogens is 1. The largest absolute Gasteiger partial charge is 0.344 e. The van der Waals surface area contributed by atoms with Crippen LogP contribution < -0.4 is 10.6 Å². The number of rotatable bonds is 8. The number of carbonyl (C=O) groups is 4. The van der Waals surface area contributed by atoms with Gasteiger partial charge in [0, 0.05) is 24.8 Å². The van der Waals surface area contributed by atoms with Gasteiger partial charge in [-0.25, -0.2) is 4.39 Å². The zero-order valence-corrected chi connectivity index (χ0v) is 19.6. The number of anilines is 1. The average Bonchev–Trinajstić information content (AvgIpc) is 2.95. The minimum atomic E-state index is -0.893. The first-order chi connectivity index (χ1) is 14.9. The highest BCUT2D eigenvalue weighted by molar-refractivity contribution is 6.43. The highest BCUT2D eigenvalue weighted by Crippen LogP contribution is 2.24. The first kappa shape index (κ1) is 25.0. The quantitative estimate of drug-likeness (QED) is 0.481. The molecule has 0 bridgehead atoms. The molecule has 0 aliphatic heterocycles. The van der Waals surface area contributed by atoms with Crippen LogP contribution in [0.5, 0.6) is 0 Å². The number of carbonyl (C=O) groups excluding carboxylic acids is 4. The molecule has 2 N–H and O–H groups in total. The summed E-state index contributed by atoms with van der Waals surface area (Å²) < 4.78 is 15.0. The van der Waals surface area contributed by atoms with Gasteiger partial charge in [-0.15, -0.1) is 0 Å². The lowest BCUT2D eigenvalue weighted by atomic mass is 9.98. The first-order valence-corrected chi connectivity index (χ1v) is 10.5. The molecule has 172 valence electrons. The third-order valence-electron chi connectivity index (χ3n) is 5.64. The molecule has 0 aliphatic carbocycles. The van der Waals surface area contributed by atoms with E-state index in [4.69, 9.17) is 0 Å². The maximum atomic E-state index is 13.5. The summed E-state index contributed by atoms with van der Waals surface area (Å²) in [5.74, 6) is -2.89. The first-order valence-electron chi connectivity index (χ1n) is 10.5. The Morgan fingerprint density at radius 2 is 1.72 bits per heavy atom. The lowest BCUT2D eigenvalue weighted by molar-refractivity contribution is -0.126. The molecule has 32 heavy (non-hydrogen) atoms. The van der Waals surface area contributed by atoms with Crippen molar-refractivity contribution in [2.45, 2.75) is 54.0 Å². The van der Waals surface area contributed by atoms with Crippen molar-refractivity contribution >= 4 is 29.1 Å². The third-order valence-corrected chi connectivity index (χ3v) is 5.64. The second kappa shape index (κ2) is 9.89. The molecule has 1 heterocycles. The Morgan fingerprint density at radius 1 is 1.09 bits per heavy atom. The lowest BCUT2D eigenvalue weighted by Crippen LogP contribution is -2.47. The molecule has 0 fully saturated rings. The van der Waals surface area contributed by atoms with Crippen LogP contribution >= 0.6 is 0 Å². The second-order valence-electron chi connectivity index (χ2n) is 8.26. The van der Waals surface area contributed by atoms with Gasteiger partial charge in [-0.2, -0.15) is 0 Å². The van der Waals surface area contributed by atoms with E-state index in [2.05, 4.69) is 10.6 Å². The number of hydrogen-bond donors (Lipinski definition) is 2. The molecule has 0 radical (unpaired) electrons. The van der Waals surface area contributed by atoms with Gasteiger partial charge in [-0.1, -0.05) is 20.8 Å². The van der Waals surface area contributed by atoms with Crippen LogP contribution in [-0.2, 0) is 16.6 Å². The molecule has 0 aliphatic rings. The minimum absolute atomic E-state index is 0.0758. The number of ketones is 2. The van der Waals surface area contributed by atoms with E-state index in [1.54, 1.807) is 48.6 Å². The van der Waals surface area contributed by atoms with Gasteiger partial charge in [-0.3, -0.25) is 19.2 Å². The van der Waals surface area contributed by atoms with E-state index in [1.165, 1.54) is 22.8 Å². The van der Waals surface area contributed by atoms with Gasteiger partial charge in [0.15, 0.2) is 5.78 Å². The lowest BCUT2D eigenvalue weighted by Gasteiger charge is -2.20. The van der Waals surface area contributed by atoms with Crippen LogP contribution in [-0.4, -0.2) is 34.0 Å². The Balaban J connectivity index is 2.34. The molecule has 2 aromatic rings. The summed E-state index contributed by atoms with van der Waals surface area (Å²) in [5.41, 5.74) is 1.99. The SMILES string of the molecule is CCC(=O)[C@@H](NC(=O)C(=O)c1c(C)c(C(=O)Nc2ccc(F)c(C)c2)c(C)n1C)C(C)C. The maximum absolute atomic E-state index is 13.5. The van der Waals surface area contributed by atoms with E-state index in [-0.39, 0.29) is 35.2 Å². The number of hydrogen-bond acceptors (Lipinski definition) is 4. The fourth-order valence-electron chi connectivity index (χ4n) is 3.70. The Kier molecular flexibility index (Phi) is 7.72. The van der Waals surface area contributed by atoms with Crippen molar-refractivity contribution in [1.29, 1.82) is 0 Å². The van der Waals surface area contributed by atoms with Crippen molar-refractivity contribution in [2.24, 2.45) is 13.0 Å². The number of nitrogens with one attached hydrogen (secondary N) is 2. The molecule has 0 unspecified atom stereocenters. The Bertz CT molecular complexity index is 1090. The number of Topliss-reactive ketones (excluding diaryl/α,β-unsaturated/α-hetero) is 2. The average molecular weight is 444 g/mol. The molecular formula is C24H30FN3O4. The molecule has 1 aromatic heterocycles. The molecule has 2 amide bonds. The Hall–Kier alpha value is -3.29. The number of halogens is 1. The maximum Gasteiger partial charge on any atom is 0.294 e. The van der Waals surface area contributed by atoms with E-state index in [9.17, 15) is 23.6 Å². The van der Waals surface area contributed by atoms with Crippen LogP contribution in [0.2, 0.25) is 0 Å². The van der Waals surface area contributed by atoms with Gasteiger partial charge in [0.2, 0.25) is 0 Å². The van der Waals surface area contributed by atoms with Crippen LogP contribution in [0.1, 0.15) is 64.9 Å². The summed E-state index contributed by atoms with van der Waals surface area (Å²) in [6.07, 6.45) is 0.243. The number of amides is 2. The van der Waals surface area contributed by atoms with E-state index in [0.717, 1.165) is 0 Å². The smallest absolute Gasteiger partial charge is 0.294 e. The van der Waals surface area contributed by atoms with Crippen molar-refractivity contribution in [2.75, 3.05) is 5.32 Å². The van der Waals surface area contributed by atoms with Crippen molar-refractivity contribution in [1.82, 2.24) is 9.88 Å². The van der Waals surface area contributed by atoms with E-state index in [1.807, 2.05) is 0 Å². The standard InChI is InChI=1S/C24H30FN3O4/c1-8-18(29)20(12(2)3)27-24(32)22(30)21-14(5)19(15(6)28(21)7)23(31)26-16-9-10-17(25)13(4)11-16/h9-12,20H,8H2,1-7H3,(H,26,31)(H,27,32)/t20-/m0/s1. The number of benzene rings is 1. The van der Waals surface area contributed by atoms with Gasteiger partial charge < -0.3 is 15.2 Å².